The fraction of sp³-hybridized carbons (Fsp3) is 0.640. The lowest BCUT2D eigenvalue weighted by Gasteiger charge is -2.03. The number of rotatable bonds is 16. The van der Waals surface area contributed by atoms with Crippen LogP contribution in [0.15, 0.2) is 36.4 Å². The van der Waals surface area contributed by atoms with Gasteiger partial charge in [0.2, 0.25) is 5.91 Å². The minimum absolute atomic E-state index is 0.0545. The van der Waals surface area contributed by atoms with Crippen LogP contribution >= 0.6 is 0 Å². The molecule has 0 atom stereocenters. The number of allylic oxidation sites excluding steroid dienone is 2. The van der Waals surface area contributed by atoms with E-state index in [4.69, 9.17) is 0 Å². The summed E-state index contributed by atoms with van der Waals surface area (Å²) in [6, 6.07) is 7.62. The van der Waals surface area contributed by atoms with Crippen molar-refractivity contribution in [3.63, 3.8) is 0 Å². The van der Waals surface area contributed by atoms with Crippen LogP contribution in [-0.4, -0.2) is 20.9 Å². The highest BCUT2D eigenvalue weighted by Crippen LogP contribution is 2.14. The van der Waals surface area contributed by atoms with E-state index in [9.17, 15) is 4.79 Å². The van der Waals surface area contributed by atoms with Crippen molar-refractivity contribution in [1.82, 2.24) is 15.0 Å². The van der Waals surface area contributed by atoms with Crippen molar-refractivity contribution in [1.29, 1.82) is 0 Å². The third-order valence-corrected chi connectivity index (χ3v) is 5.49. The average molecular weight is 398 g/mol. The lowest BCUT2D eigenvalue weighted by molar-refractivity contribution is 0.0886. The molecule has 4 nitrogen and oxygen atoms in total. The van der Waals surface area contributed by atoms with Gasteiger partial charge in [0, 0.05) is 6.42 Å². The Labute approximate surface area is 176 Å². The lowest BCUT2D eigenvalue weighted by atomic mass is 10.0. The van der Waals surface area contributed by atoms with Gasteiger partial charge in [-0.25, -0.2) is 0 Å². The van der Waals surface area contributed by atoms with Crippen molar-refractivity contribution in [3.8, 4) is 0 Å². The Kier molecular flexibility index (Phi) is 12.0. The van der Waals surface area contributed by atoms with Crippen molar-refractivity contribution < 1.29 is 4.79 Å². The van der Waals surface area contributed by atoms with Crippen molar-refractivity contribution in [2.75, 3.05) is 0 Å². The molecule has 29 heavy (non-hydrogen) atoms. The molecule has 0 aliphatic heterocycles. The molecule has 0 N–H and O–H groups in total. The van der Waals surface area contributed by atoms with Crippen LogP contribution in [0, 0.1) is 0 Å². The zero-order chi connectivity index (χ0) is 20.6. The van der Waals surface area contributed by atoms with Crippen LogP contribution in [0.2, 0.25) is 0 Å². The number of carbonyl (C=O) groups excluding carboxylic acids is 1. The highest BCUT2D eigenvalue weighted by atomic mass is 16.2. The molecule has 0 amide bonds. The van der Waals surface area contributed by atoms with Gasteiger partial charge in [-0.1, -0.05) is 101 Å². The number of benzene rings is 1. The molecular formula is C25H39N3O. The topological polar surface area (TPSA) is 47.8 Å². The van der Waals surface area contributed by atoms with Gasteiger partial charge >= 0.3 is 0 Å². The van der Waals surface area contributed by atoms with Crippen LogP contribution in [0.5, 0.6) is 0 Å². The first-order valence-corrected chi connectivity index (χ1v) is 11.8. The summed E-state index contributed by atoms with van der Waals surface area (Å²) in [4.78, 5) is 12.3. The van der Waals surface area contributed by atoms with E-state index in [2.05, 4.69) is 29.4 Å². The first-order valence-electron chi connectivity index (χ1n) is 11.8. The Morgan fingerprint density at radius 3 is 2.10 bits per heavy atom. The number of nitrogens with zero attached hydrogens (tertiary/aromatic N) is 3. The molecule has 2 aromatic rings. The highest BCUT2D eigenvalue weighted by Gasteiger charge is 2.10. The maximum Gasteiger partial charge on any atom is 0.248 e. The second-order valence-corrected chi connectivity index (χ2v) is 8.07. The quantitative estimate of drug-likeness (QED) is 0.218. The van der Waals surface area contributed by atoms with Crippen LogP contribution in [0.4, 0.5) is 0 Å². The van der Waals surface area contributed by atoms with Crippen molar-refractivity contribution in [2.45, 2.75) is 103 Å². The molecule has 0 aliphatic carbocycles. The lowest BCUT2D eigenvalue weighted by Crippen LogP contribution is -2.12. The van der Waals surface area contributed by atoms with E-state index in [1.807, 2.05) is 24.3 Å². The molecule has 1 heterocycles. The van der Waals surface area contributed by atoms with Gasteiger partial charge in [0.1, 0.15) is 5.52 Å². The SMILES string of the molecule is CCCC/C=C/CCCCCCCCCCCCC(=O)n1nnc2ccccc21. The Hall–Kier alpha value is -1.97. The molecule has 0 aliphatic rings. The van der Waals surface area contributed by atoms with Gasteiger partial charge in [0.15, 0.2) is 0 Å². The Morgan fingerprint density at radius 1 is 0.828 bits per heavy atom. The normalized spacial score (nSPS) is 11.6. The number of hydrogen-bond donors (Lipinski definition) is 0. The van der Waals surface area contributed by atoms with Crippen LogP contribution in [0.25, 0.3) is 11.0 Å². The number of para-hydroxylation sites is 1. The molecule has 0 saturated carbocycles. The summed E-state index contributed by atoms with van der Waals surface area (Å²) in [5.74, 6) is 0.0545. The Balaban J connectivity index is 1.39. The van der Waals surface area contributed by atoms with Crippen LogP contribution in [0.3, 0.4) is 0 Å². The number of carbonyl (C=O) groups is 1. The van der Waals surface area contributed by atoms with E-state index in [0.29, 0.717) is 6.42 Å². The third-order valence-electron chi connectivity index (χ3n) is 5.49. The summed E-state index contributed by atoms with van der Waals surface area (Å²) in [5, 5.41) is 8.05. The zero-order valence-corrected chi connectivity index (χ0v) is 18.3. The summed E-state index contributed by atoms with van der Waals surface area (Å²) in [6.45, 7) is 2.25. The van der Waals surface area contributed by atoms with E-state index >= 15 is 0 Å². The van der Waals surface area contributed by atoms with Crippen molar-refractivity contribution in [2.24, 2.45) is 0 Å². The predicted octanol–water partition coefficient (Wildman–Crippen LogP) is 7.50. The first-order chi connectivity index (χ1) is 14.3. The van der Waals surface area contributed by atoms with Crippen LogP contribution in [0.1, 0.15) is 108 Å². The molecule has 0 spiro atoms. The zero-order valence-electron chi connectivity index (χ0n) is 18.3. The van der Waals surface area contributed by atoms with E-state index in [1.165, 1.54) is 81.7 Å². The van der Waals surface area contributed by atoms with Crippen molar-refractivity contribution >= 4 is 16.9 Å². The minimum atomic E-state index is 0.0545. The number of aromatic nitrogens is 3. The van der Waals surface area contributed by atoms with Gasteiger partial charge in [0.05, 0.1) is 5.52 Å². The maximum absolute atomic E-state index is 12.3. The van der Waals surface area contributed by atoms with Crippen LogP contribution < -0.4 is 0 Å². The molecule has 0 fully saturated rings. The summed E-state index contributed by atoms with van der Waals surface area (Å²) >= 11 is 0. The molecular weight excluding hydrogens is 358 g/mol. The van der Waals surface area contributed by atoms with Gasteiger partial charge in [0.25, 0.3) is 0 Å². The van der Waals surface area contributed by atoms with Crippen LogP contribution in [-0.2, 0) is 0 Å². The Morgan fingerprint density at radius 2 is 1.41 bits per heavy atom. The van der Waals surface area contributed by atoms with Gasteiger partial charge < -0.3 is 0 Å². The first kappa shape index (κ1) is 23.3. The monoisotopic (exact) mass is 397 g/mol. The summed E-state index contributed by atoms with van der Waals surface area (Å²) < 4.78 is 1.45. The maximum atomic E-state index is 12.3. The van der Waals surface area contributed by atoms with Gasteiger partial charge in [-0.05, 0) is 37.8 Å². The van der Waals surface area contributed by atoms with E-state index in [-0.39, 0.29) is 5.91 Å². The Bertz CT molecular complexity index is 720. The molecule has 0 unspecified atom stereocenters. The molecule has 1 aromatic carbocycles. The van der Waals surface area contributed by atoms with Gasteiger partial charge in [-0.3, -0.25) is 4.79 Å². The average Bonchev–Trinajstić information content (AvgIpc) is 3.17. The van der Waals surface area contributed by atoms with Gasteiger partial charge in [-0.2, -0.15) is 4.68 Å². The second-order valence-electron chi connectivity index (χ2n) is 8.07. The molecule has 1 aromatic heterocycles. The molecule has 4 heteroatoms. The molecule has 160 valence electrons. The summed E-state index contributed by atoms with van der Waals surface area (Å²) in [6.07, 6.45) is 23.2. The number of unbranched alkanes of at least 4 members (excludes halogenated alkanes) is 12. The number of fused-ring (bicyclic) bond motifs is 1. The standard InChI is InChI=1S/C25H39N3O/c1-2-3-4-5-6-7-8-9-10-11-12-13-14-15-16-17-22-25(29)28-24-21-19-18-20-23(24)26-27-28/h5-6,18-21H,2-4,7-17,22H2,1H3/b6-5+. The number of hydrogen-bond acceptors (Lipinski definition) is 3. The smallest absolute Gasteiger partial charge is 0.248 e. The predicted molar refractivity (Wildman–Crippen MR) is 122 cm³/mol. The molecule has 0 bridgehead atoms. The van der Waals surface area contributed by atoms with Gasteiger partial charge in [-0.15, -0.1) is 5.10 Å². The highest BCUT2D eigenvalue weighted by molar-refractivity contribution is 5.88. The largest absolute Gasteiger partial charge is 0.273 e. The van der Waals surface area contributed by atoms with E-state index in [1.54, 1.807) is 0 Å². The van der Waals surface area contributed by atoms with E-state index < -0.39 is 0 Å². The van der Waals surface area contributed by atoms with Crippen molar-refractivity contribution in [3.05, 3.63) is 36.4 Å². The third kappa shape index (κ3) is 9.38. The fourth-order valence-electron chi connectivity index (χ4n) is 3.67. The van der Waals surface area contributed by atoms with E-state index in [0.717, 1.165) is 23.9 Å². The molecule has 0 saturated heterocycles. The summed E-state index contributed by atoms with van der Waals surface area (Å²) in [5.41, 5.74) is 1.59. The second kappa shape index (κ2) is 14.9. The minimum Gasteiger partial charge on any atom is -0.273 e. The molecule has 2 rings (SSSR count). The molecule has 0 radical (unpaired) electrons. The fourth-order valence-corrected chi connectivity index (χ4v) is 3.67. The summed E-state index contributed by atoms with van der Waals surface area (Å²) in [7, 11) is 0.